The van der Waals surface area contributed by atoms with Crippen LogP contribution in [0.15, 0.2) is 71.0 Å². The summed E-state index contributed by atoms with van der Waals surface area (Å²) in [6, 6.07) is 15.8. The first-order valence-electron chi connectivity index (χ1n) is 12.9. The summed E-state index contributed by atoms with van der Waals surface area (Å²) in [5.74, 6) is 1.29. The molecule has 1 spiro atoms. The summed E-state index contributed by atoms with van der Waals surface area (Å²) in [7, 11) is 3.03. The molecule has 2 heterocycles. The van der Waals surface area contributed by atoms with Crippen LogP contribution >= 0.6 is 0 Å². The molecule has 1 saturated carbocycles. The number of benzene rings is 2. The van der Waals surface area contributed by atoms with Gasteiger partial charge in [-0.05, 0) is 62.1 Å². The number of hydrogen-bond acceptors (Lipinski definition) is 6. The zero-order chi connectivity index (χ0) is 26.5. The van der Waals surface area contributed by atoms with Crippen LogP contribution in [0.25, 0.3) is 6.08 Å². The van der Waals surface area contributed by atoms with Crippen molar-refractivity contribution in [3.63, 3.8) is 0 Å². The second-order valence-corrected chi connectivity index (χ2v) is 9.71. The fourth-order valence-corrected chi connectivity index (χ4v) is 5.33. The van der Waals surface area contributed by atoms with Crippen molar-refractivity contribution in [2.45, 2.75) is 50.2 Å². The number of nitrogens with one attached hydrogen (secondary N) is 2. The molecule has 2 amide bonds. The van der Waals surface area contributed by atoms with Crippen LogP contribution in [0.5, 0.6) is 17.2 Å². The van der Waals surface area contributed by atoms with Gasteiger partial charge in [0.15, 0.2) is 11.5 Å². The fraction of sp³-hybridized carbons (Fsp3) is 0.333. The van der Waals surface area contributed by atoms with Gasteiger partial charge < -0.3 is 29.3 Å². The van der Waals surface area contributed by atoms with E-state index < -0.39 is 11.8 Å². The first kappa shape index (κ1) is 25.4. The van der Waals surface area contributed by atoms with E-state index in [1.54, 1.807) is 30.3 Å². The van der Waals surface area contributed by atoms with E-state index in [-0.39, 0.29) is 17.3 Å². The number of rotatable bonds is 7. The largest absolute Gasteiger partial charge is 0.493 e. The Balaban J connectivity index is 1.41. The highest BCUT2D eigenvalue weighted by Crippen LogP contribution is 2.46. The number of furan rings is 1. The molecule has 0 saturated heterocycles. The molecule has 1 aromatic heterocycles. The minimum Gasteiger partial charge on any atom is -0.493 e. The molecule has 8 nitrogen and oxygen atoms in total. The van der Waals surface area contributed by atoms with E-state index in [1.807, 2.05) is 24.3 Å². The molecule has 1 atom stereocenters. The highest BCUT2D eigenvalue weighted by molar-refractivity contribution is 6.05. The zero-order valence-electron chi connectivity index (χ0n) is 21.6. The Hall–Kier alpha value is -4.20. The zero-order valence-corrected chi connectivity index (χ0v) is 21.6. The summed E-state index contributed by atoms with van der Waals surface area (Å²) in [5.41, 5.74) is 1.03. The number of methoxy groups -OCH3 is 2. The molecule has 2 aliphatic rings. The van der Waals surface area contributed by atoms with Crippen LogP contribution in [0.2, 0.25) is 0 Å². The third kappa shape index (κ3) is 5.39. The van der Waals surface area contributed by atoms with Crippen molar-refractivity contribution in [3.8, 4) is 17.2 Å². The average molecular weight is 517 g/mol. The lowest BCUT2D eigenvalue weighted by atomic mass is 9.77. The molecule has 1 fully saturated rings. The van der Waals surface area contributed by atoms with Crippen LogP contribution in [-0.4, -0.2) is 31.6 Å². The number of para-hydroxylation sites is 1. The van der Waals surface area contributed by atoms with E-state index in [4.69, 9.17) is 18.6 Å². The topological polar surface area (TPSA) is 99.0 Å². The van der Waals surface area contributed by atoms with Crippen molar-refractivity contribution >= 4 is 17.9 Å². The minimum absolute atomic E-state index is 0.0707. The van der Waals surface area contributed by atoms with Gasteiger partial charge in [0, 0.05) is 23.6 Å². The van der Waals surface area contributed by atoms with Gasteiger partial charge in [-0.1, -0.05) is 24.6 Å². The Morgan fingerprint density at radius 1 is 0.974 bits per heavy atom. The maximum atomic E-state index is 13.7. The molecule has 2 aromatic carbocycles. The molecule has 1 aliphatic carbocycles. The highest BCUT2D eigenvalue weighted by atomic mass is 16.5. The van der Waals surface area contributed by atoms with Crippen LogP contribution in [0.4, 0.5) is 0 Å². The van der Waals surface area contributed by atoms with E-state index in [9.17, 15) is 9.59 Å². The molecule has 0 radical (unpaired) electrons. The predicted octanol–water partition coefficient (Wildman–Crippen LogP) is 5.41. The van der Waals surface area contributed by atoms with Gasteiger partial charge in [0.2, 0.25) is 0 Å². The Labute approximate surface area is 222 Å². The van der Waals surface area contributed by atoms with E-state index >= 15 is 0 Å². The van der Waals surface area contributed by atoms with Gasteiger partial charge in [-0.25, -0.2) is 0 Å². The van der Waals surface area contributed by atoms with Gasteiger partial charge in [-0.2, -0.15) is 0 Å². The molecule has 0 unspecified atom stereocenters. The number of fused-ring (bicyclic) bond motifs is 1. The minimum atomic E-state index is -0.463. The monoisotopic (exact) mass is 516 g/mol. The molecule has 3 aromatic rings. The molecule has 2 N–H and O–H groups in total. The van der Waals surface area contributed by atoms with Gasteiger partial charge in [-0.15, -0.1) is 0 Å². The van der Waals surface area contributed by atoms with Gasteiger partial charge in [0.1, 0.15) is 22.8 Å². The normalized spacial score (nSPS) is 18.2. The van der Waals surface area contributed by atoms with Gasteiger partial charge >= 0.3 is 0 Å². The lowest BCUT2D eigenvalue weighted by Crippen LogP contribution is -2.47. The Kier molecular flexibility index (Phi) is 7.40. The SMILES string of the molecule is COc1ccc(C(=O)N/C(=C\c2ccco2)C(=O)N[C@H]2CC3(CCCCC3)Oc3ccccc32)cc1OC. The summed E-state index contributed by atoms with van der Waals surface area (Å²) in [5, 5.41) is 5.94. The number of hydrogen-bond donors (Lipinski definition) is 2. The molecule has 38 heavy (non-hydrogen) atoms. The van der Waals surface area contributed by atoms with Gasteiger partial charge in [0.05, 0.1) is 26.5 Å². The van der Waals surface area contributed by atoms with E-state index in [1.165, 1.54) is 33.0 Å². The fourth-order valence-electron chi connectivity index (χ4n) is 5.33. The first-order chi connectivity index (χ1) is 18.5. The lowest BCUT2D eigenvalue weighted by molar-refractivity contribution is -0.119. The molecule has 0 bridgehead atoms. The summed E-state index contributed by atoms with van der Waals surface area (Å²) in [4.78, 5) is 26.9. The standard InChI is InChI=1S/C30H32N2O6/c1-35-26-13-12-20(17-27(26)36-2)28(33)31-23(18-21-9-8-16-37-21)29(34)32-24-19-30(14-6-3-7-15-30)38-25-11-5-4-10-22(24)25/h4-5,8-13,16-18,24H,3,6-7,14-15,19H2,1-2H3,(H,31,33)(H,32,34)/b23-18-/t24-/m0/s1. The summed E-state index contributed by atoms with van der Waals surface area (Å²) >= 11 is 0. The van der Waals surface area contributed by atoms with Gasteiger partial charge in [-0.3, -0.25) is 9.59 Å². The van der Waals surface area contributed by atoms with E-state index in [2.05, 4.69) is 10.6 Å². The third-order valence-electron chi connectivity index (χ3n) is 7.24. The average Bonchev–Trinajstić information content (AvgIpc) is 3.45. The van der Waals surface area contributed by atoms with E-state index in [0.717, 1.165) is 37.0 Å². The van der Waals surface area contributed by atoms with Crippen LogP contribution < -0.4 is 24.8 Å². The quantitative estimate of drug-likeness (QED) is 0.408. The van der Waals surface area contributed by atoms with Crippen molar-refractivity contribution in [1.29, 1.82) is 0 Å². The predicted molar refractivity (Wildman–Crippen MR) is 142 cm³/mol. The molecule has 198 valence electrons. The van der Waals surface area contributed by atoms with Crippen LogP contribution in [0, 0.1) is 0 Å². The second-order valence-electron chi connectivity index (χ2n) is 9.71. The number of carbonyl (C=O) groups is 2. The van der Waals surface area contributed by atoms with Crippen molar-refractivity contribution in [1.82, 2.24) is 10.6 Å². The van der Waals surface area contributed by atoms with Crippen molar-refractivity contribution in [2.75, 3.05) is 14.2 Å². The van der Waals surface area contributed by atoms with Crippen molar-refractivity contribution in [3.05, 3.63) is 83.4 Å². The number of amides is 2. The maximum Gasteiger partial charge on any atom is 0.268 e. The Morgan fingerprint density at radius 2 is 1.76 bits per heavy atom. The van der Waals surface area contributed by atoms with Crippen molar-refractivity contribution < 1.29 is 28.2 Å². The lowest BCUT2D eigenvalue weighted by Gasteiger charge is -2.44. The van der Waals surface area contributed by atoms with Crippen LogP contribution in [0.1, 0.15) is 66.2 Å². The Morgan fingerprint density at radius 3 is 2.50 bits per heavy atom. The summed E-state index contributed by atoms with van der Waals surface area (Å²) < 4.78 is 22.5. The smallest absolute Gasteiger partial charge is 0.268 e. The van der Waals surface area contributed by atoms with E-state index in [0.29, 0.717) is 29.2 Å². The molecular formula is C30H32N2O6. The maximum absolute atomic E-state index is 13.7. The third-order valence-corrected chi connectivity index (χ3v) is 7.24. The first-order valence-corrected chi connectivity index (χ1v) is 12.9. The second kappa shape index (κ2) is 11.0. The highest BCUT2D eigenvalue weighted by Gasteiger charge is 2.42. The molecule has 1 aliphatic heterocycles. The summed E-state index contributed by atoms with van der Waals surface area (Å²) in [6.45, 7) is 0. The number of carbonyl (C=O) groups excluding carboxylic acids is 2. The molecule has 8 heteroatoms. The Bertz CT molecular complexity index is 1320. The van der Waals surface area contributed by atoms with Crippen LogP contribution in [0.3, 0.4) is 0 Å². The van der Waals surface area contributed by atoms with Crippen LogP contribution in [-0.2, 0) is 4.79 Å². The summed E-state index contributed by atoms with van der Waals surface area (Å²) in [6.07, 6.45) is 9.03. The molecule has 5 rings (SSSR count). The van der Waals surface area contributed by atoms with Gasteiger partial charge in [0.25, 0.3) is 11.8 Å². The molecular weight excluding hydrogens is 484 g/mol. The number of ether oxygens (including phenoxy) is 3. The van der Waals surface area contributed by atoms with Crippen molar-refractivity contribution in [2.24, 2.45) is 0 Å².